The molecule has 0 saturated carbocycles. The lowest BCUT2D eigenvalue weighted by Crippen LogP contribution is -2.47. The maximum atomic E-state index is 13.5. The number of halogens is 2. The Morgan fingerprint density at radius 3 is 2.78 bits per heavy atom. The minimum atomic E-state index is -0.478. The van der Waals surface area contributed by atoms with Crippen LogP contribution in [-0.4, -0.2) is 36.5 Å². The number of nitrogens with zero attached hydrogens (tertiary/aromatic N) is 1. The van der Waals surface area contributed by atoms with E-state index in [1.165, 1.54) is 6.07 Å². The molecule has 1 fully saturated rings. The van der Waals surface area contributed by atoms with Gasteiger partial charge in [-0.1, -0.05) is 28.1 Å². The third kappa shape index (κ3) is 4.33. The molecule has 2 aromatic carbocycles. The fourth-order valence-electron chi connectivity index (χ4n) is 3.83. The summed E-state index contributed by atoms with van der Waals surface area (Å²) in [7, 11) is 0. The van der Waals surface area contributed by atoms with Gasteiger partial charge in [0.05, 0.1) is 5.69 Å². The number of rotatable bonds is 4. The van der Waals surface area contributed by atoms with E-state index in [2.05, 4.69) is 26.1 Å². The molecule has 4 nitrogen and oxygen atoms in total. The highest BCUT2D eigenvalue weighted by Crippen LogP contribution is 2.30. The van der Waals surface area contributed by atoms with E-state index in [1.807, 2.05) is 24.3 Å². The molecule has 0 radical (unpaired) electrons. The van der Waals surface area contributed by atoms with Crippen LogP contribution in [0.1, 0.15) is 18.4 Å². The fourth-order valence-corrected chi connectivity index (χ4v) is 4.24. The lowest BCUT2D eigenvalue weighted by Gasteiger charge is -2.35. The SMILES string of the molecule is O=C1Nc2ccccc2OC1CN1CCC(Cc2cc(F)ccc2Br)CC1. The Morgan fingerprint density at radius 2 is 1.96 bits per heavy atom. The van der Waals surface area contributed by atoms with Crippen LogP contribution in [0.25, 0.3) is 0 Å². The molecule has 1 amide bonds. The summed E-state index contributed by atoms with van der Waals surface area (Å²) in [6.07, 6.45) is 2.47. The molecule has 2 aliphatic heterocycles. The van der Waals surface area contributed by atoms with E-state index in [0.29, 0.717) is 12.5 Å². The highest BCUT2D eigenvalue weighted by atomic mass is 79.9. The van der Waals surface area contributed by atoms with Crippen molar-refractivity contribution in [1.82, 2.24) is 4.90 Å². The molecule has 1 unspecified atom stereocenters. The van der Waals surface area contributed by atoms with Gasteiger partial charge in [0.1, 0.15) is 11.6 Å². The summed E-state index contributed by atoms with van der Waals surface area (Å²) in [5.74, 6) is 0.986. The van der Waals surface area contributed by atoms with Gasteiger partial charge in [-0.25, -0.2) is 4.39 Å². The number of amides is 1. The number of carbonyl (C=O) groups excluding carboxylic acids is 1. The third-order valence-corrected chi connectivity index (χ3v) is 6.13. The Kier molecular flexibility index (Phi) is 5.45. The number of nitrogens with one attached hydrogen (secondary N) is 1. The number of hydrogen-bond donors (Lipinski definition) is 1. The van der Waals surface area contributed by atoms with Crippen molar-refractivity contribution in [2.24, 2.45) is 5.92 Å². The molecule has 1 N–H and O–H groups in total. The Hall–Kier alpha value is -1.92. The zero-order valence-electron chi connectivity index (χ0n) is 15.0. The van der Waals surface area contributed by atoms with Crippen LogP contribution < -0.4 is 10.1 Å². The molecule has 0 bridgehead atoms. The summed E-state index contributed by atoms with van der Waals surface area (Å²) in [6, 6.07) is 12.4. The quantitative estimate of drug-likeness (QED) is 0.785. The Balaban J connectivity index is 1.31. The van der Waals surface area contributed by atoms with Crippen molar-refractivity contribution in [2.45, 2.75) is 25.4 Å². The fraction of sp³-hybridized carbons (Fsp3) is 0.381. The van der Waals surface area contributed by atoms with Crippen LogP contribution in [0.2, 0.25) is 0 Å². The van der Waals surface area contributed by atoms with Gasteiger partial charge in [0.25, 0.3) is 5.91 Å². The van der Waals surface area contributed by atoms with Crippen molar-refractivity contribution in [1.29, 1.82) is 0 Å². The Labute approximate surface area is 166 Å². The number of ether oxygens (including phenoxy) is 1. The number of anilines is 1. The second kappa shape index (κ2) is 7.98. The molecular weight excluding hydrogens is 411 g/mol. The van der Waals surface area contributed by atoms with Gasteiger partial charge in [0, 0.05) is 11.0 Å². The average Bonchev–Trinajstić information content (AvgIpc) is 2.67. The molecule has 2 heterocycles. The van der Waals surface area contributed by atoms with Crippen LogP contribution in [0.3, 0.4) is 0 Å². The molecule has 0 aromatic heterocycles. The standard InChI is InChI=1S/C21H22BrFN2O2/c22-17-6-5-16(23)12-15(17)11-14-7-9-25(10-8-14)13-20-21(26)24-18-3-1-2-4-19(18)27-20/h1-6,12,14,20H,7-11,13H2,(H,24,26). The first-order valence-electron chi connectivity index (χ1n) is 9.31. The minimum Gasteiger partial charge on any atom is -0.477 e. The maximum Gasteiger partial charge on any atom is 0.266 e. The van der Waals surface area contributed by atoms with Crippen molar-refractivity contribution in [3.8, 4) is 5.75 Å². The van der Waals surface area contributed by atoms with Gasteiger partial charge in [0.15, 0.2) is 6.10 Å². The van der Waals surface area contributed by atoms with Crippen molar-refractivity contribution >= 4 is 27.5 Å². The smallest absolute Gasteiger partial charge is 0.266 e. The van der Waals surface area contributed by atoms with E-state index >= 15 is 0 Å². The summed E-state index contributed by atoms with van der Waals surface area (Å²) in [5.41, 5.74) is 1.76. The van der Waals surface area contributed by atoms with Crippen molar-refractivity contribution in [2.75, 3.05) is 25.0 Å². The monoisotopic (exact) mass is 432 g/mol. The molecule has 0 spiro atoms. The van der Waals surface area contributed by atoms with Gasteiger partial charge in [-0.3, -0.25) is 9.69 Å². The van der Waals surface area contributed by atoms with Crippen LogP contribution in [0.5, 0.6) is 5.75 Å². The van der Waals surface area contributed by atoms with Gasteiger partial charge in [0.2, 0.25) is 0 Å². The van der Waals surface area contributed by atoms with Crippen LogP contribution >= 0.6 is 15.9 Å². The molecule has 27 heavy (non-hydrogen) atoms. The highest BCUT2D eigenvalue weighted by molar-refractivity contribution is 9.10. The summed E-state index contributed by atoms with van der Waals surface area (Å²) in [4.78, 5) is 14.6. The van der Waals surface area contributed by atoms with E-state index in [9.17, 15) is 9.18 Å². The second-order valence-electron chi connectivity index (χ2n) is 7.28. The first-order valence-corrected chi connectivity index (χ1v) is 10.1. The first kappa shape index (κ1) is 18.4. The molecule has 142 valence electrons. The van der Waals surface area contributed by atoms with Crippen LogP contribution in [0.4, 0.5) is 10.1 Å². The molecule has 4 rings (SSSR count). The number of carbonyl (C=O) groups is 1. The van der Waals surface area contributed by atoms with Crippen LogP contribution in [0, 0.1) is 11.7 Å². The summed E-state index contributed by atoms with van der Waals surface area (Å²) in [6.45, 7) is 2.44. The first-order chi connectivity index (χ1) is 13.1. The molecule has 2 aromatic rings. The summed E-state index contributed by atoms with van der Waals surface area (Å²) >= 11 is 3.52. The van der Waals surface area contributed by atoms with Crippen molar-refractivity contribution in [3.05, 3.63) is 58.3 Å². The molecule has 0 aliphatic carbocycles. The zero-order chi connectivity index (χ0) is 18.8. The Morgan fingerprint density at radius 1 is 1.19 bits per heavy atom. The molecule has 2 aliphatic rings. The lowest BCUT2D eigenvalue weighted by atomic mass is 9.90. The normalized spacial score (nSPS) is 20.7. The third-order valence-electron chi connectivity index (χ3n) is 5.35. The molecular formula is C21H22BrFN2O2. The van der Waals surface area contributed by atoms with E-state index in [-0.39, 0.29) is 11.7 Å². The number of para-hydroxylation sites is 2. The highest BCUT2D eigenvalue weighted by Gasteiger charge is 2.30. The predicted molar refractivity (Wildman–Crippen MR) is 106 cm³/mol. The minimum absolute atomic E-state index is 0.0838. The number of piperidine rings is 1. The second-order valence-corrected chi connectivity index (χ2v) is 8.13. The van der Waals surface area contributed by atoms with Crippen LogP contribution in [0.15, 0.2) is 46.9 Å². The van der Waals surface area contributed by atoms with Crippen molar-refractivity contribution in [3.63, 3.8) is 0 Å². The summed E-state index contributed by atoms with van der Waals surface area (Å²) in [5, 5.41) is 2.92. The molecule has 1 saturated heterocycles. The maximum absolute atomic E-state index is 13.5. The number of likely N-dealkylation sites (tertiary alicyclic amines) is 1. The van der Waals surface area contributed by atoms with Gasteiger partial charge >= 0.3 is 0 Å². The van der Waals surface area contributed by atoms with E-state index in [4.69, 9.17) is 4.74 Å². The Bertz CT molecular complexity index is 837. The largest absolute Gasteiger partial charge is 0.477 e. The van der Waals surface area contributed by atoms with Gasteiger partial charge in [-0.2, -0.15) is 0 Å². The lowest BCUT2D eigenvalue weighted by molar-refractivity contribution is -0.124. The van der Waals surface area contributed by atoms with Gasteiger partial charge in [-0.05, 0) is 74.2 Å². The van der Waals surface area contributed by atoms with Crippen molar-refractivity contribution < 1.29 is 13.9 Å². The predicted octanol–water partition coefficient (Wildman–Crippen LogP) is 4.24. The molecule has 6 heteroatoms. The number of benzene rings is 2. The number of fused-ring (bicyclic) bond motifs is 1. The van der Waals surface area contributed by atoms with Gasteiger partial charge in [-0.15, -0.1) is 0 Å². The topological polar surface area (TPSA) is 41.6 Å². The average molecular weight is 433 g/mol. The zero-order valence-corrected chi connectivity index (χ0v) is 16.5. The summed E-state index contributed by atoms with van der Waals surface area (Å²) < 4.78 is 20.4. The van der Waals surface area contributed by atoms with E-state index in [0.717, 1.165) is 53.8 Å². The van der Waals surface area contributed by atoms with E-state index < -0.39 is 6.10 Å². The molecule has 1 atom stereocenters. The van der Waals surface area contributed by atoms with Crippen LogP contribution in [-0.2, 0) is 11.2 Å². The van der Waals surface area contributed by atoms with Gasteiger partial charge < -0.3 is 10.1 Å². The number of hydrogen-bond acceptors (Lipinski definition) is 3. The van der Waals surface area contributed by atoms with E-state index in [1.54, 1.807) is 12.1 Å².